The van der Waals surface area contributed by atoms with E-state index in [-0.39, 0.29) is 0 Å². The van der Waals surface area contributed by atoms with Gasteiger partial charge in [-0.3, -0.25) is 4.98 Å². The van der Waals surface area contributed by atoms with E-state index >= 15 is 0 Å². The zero-order chi connectivity index (χ0) is 21.2. The van der Waals surface area contributed by atoms with E-state index in [2.05, 4.69) is 34.1 Å². The Hall–Kier alpha value is -2.76. The molecule has 1 saturated heterocycles. The number of rotatable bonds is 6. The minimum Gasteiger partial charge on any atom is -0.460 e. The number of aryl methyl sites for hydroxylation is 1. The van der Waals surface area contributed by atoms with E-state index in [1.54, 1.807) is 7.11 Å². The fourth-order valence-electron chi connectivity index (χ4n) is 4.91. The third kappa shape index (κ3) is 4.08. The van der Waals surface area contributed by atoms with Gasteiger partial charge in [-0.05, 0) is 67.1 Å². The molecule has 1 fully saturated rings. The van der Waals surface area contributed by atoms with Crippen LogP contribution in [0.5, 0.6) is 0 Å². The van der Waals surface area contributed by atoms with Crippen molar-refractivity contribution in [2.75, 3.05) is 33.4 Å². The molecule has 0 amide bonds. The van der Waals surface area contributed by atoms with Crippen molar-refractivity contribution in [3.05, 3.63) is 65.7 Å². The second-order valence-corrected chi connectivity index (χ2v) is 8.61. The van der Waals surface area contributed by atoms with Crippen molar-refractivity contribution in [2.45, 2.75) is 31.6 Å². The Balaban J connectivity index is 1.52. The second kappa shape index (κ2) is 8.77. The lowest BCUT2D eigenvalue weighted by molar-refractivity contribution is 0.125. The number of hydrogen-bond donors (Lipinski definition) is 1. The predicted molar refractivity (Wildman–Crippen MR) is 123 cm³/mol. The maximum absolute atomic E-state index is 8.15. The summed E-state index contributed by atoms with van der Waals surface area (Å²) in [6.07, 6.45) is 7.75. The summed E-state index contributed by atoms with van der Waals surface area (Å²) >= 11 is 0. The molecule has 0 saturated carbocycles. The number of ether oxygens (including phenoxy) is 1. The molecular formula is C26H29N3O2. The summed E-state index contributed by atoms with van der Waals surface area (Å²) in [6.45, 7) is 3.87. The van der Waals surface area contributed by atoms with E-state index in [0.29, 0.717) is 5.92 Å². The van der Waals surface area contributed by atoms with E-state index in [9.17, 15) is 0 Å². The Kier molecular flexibility index (Phi) is 5.70. The first kappa shape index (κ1) is 20.2. The minimum absolute atomic E-state index is 0.391. The standard InChI is InChI=1S/C26H29N3O2/c1-30-14-13-29-12-2-3-21(17-29)25-16-23(26(31-25)18-8-10-28-11-9-18)20-4-6-22-19(15-20)5-7-24(22)27/h4,6,8-11,15-16,21,27H,2-3,5,7,12-14,17H2,1H3. The number of nitrogens with one attached hydrogen (secondary N) is 1. The third-order valence-electron chi connectivity index (χ3n) is 6.60. The van der Waals surface area contributed by atoms with Crippen LogP contribution >= 0.6 is 0 Å². The van der Waals surface area contributed by atoms with Crippen molar-refractivity contribution in [3.8, 4) is 22.5 Å². The summed E-state index contributed by atoms with van der Waals surface area (Å²) in [6, 6.07) is 12.8. The van der Waals surface area contributed by atoms with Gasteiger partial charge in [0.15, 0.2) is 0 Å². The summed E-state index contributed by atoms with van der Waals surface area (Å²) in [5.41, 5.74) is 6.48. The zero-order valence-electron chi connectivity index (χ0n) is 18.1. The number of likely N-dealkylation sites (tertiary alicyclic amines) is 1. The third-order valence-corrected chi connectivity index (χ3v) is 6.60. The molecule has 1 aliphatic heterocycles. The maximum atomic E-state index is 8.15. The first-order valence-corrected chi connectivity index (χ1v) is 11.2. The Bertz CT molecular complexity index is 1070. The van der Waals surface area contributed by atoms with Crippen molar-refractivity contribution in [2.24, 2.45) is 0 Å². The number of fused-ring (bicyclic) bond motifs is 1. The second-order valence-electron chi connectivity index (χ2n) is 8.61. The Morgan fingerprint density at radius 1 is 1.10 bits per heavy atom. The lowest BCUT2D eigenvalue weighted by Gasteiger charge is -2.31. The molecule has 2 aromatic heterocycles. The molecule has 2 aliphatic rings. The van der Waals surface area contributed by atoms with Crippen molar-refractivity contribution >= 4 is 5.71 Å². The molecule has 0 radical (unpaired) electrons. The predicted octanol–water partition coefficient (Wildman–Crippen LogP) is 5.15. The topological polar surface area (TPSA) is 62.4 Å². The van der Waals surface area contributed by atoms with E-state index in [4.69, 9.17) is 14.6 Å². The van der Waals surface area contributed by atoms with E-state index in [0.717, 1.165) is 79.4 Å². The summed E-state index contributed by atoms with van der Waals surface area (Å²) in [4.78, 5) is 6.66. The number of nitrogens with zero attached hydrogens (tertiary/aromatic N) is 2. The molecule has 1 N–H and O–H groups in total. The number of methoxy groups -OCH3 is 1. The normalized spacial score (nSPS) is 19.0. The van der Waals surface area contributed by atoms with Crippen LogP contribution in [0.25, 0.3) is 22.5 Å². The molecule has 5 nitrogen and oxygen atoms in total. The monoisotopic (exact) mass is 415 g/mol. The summed E-state index contributed by atoms with van der Waals surface area (Å²) in [7, 11) is 1.76. The molecule has 5 rings (SSSR count). The lowest BCUT2D eigenvalue weighted by atomic mass is 9.93. The first-order valence-electron chi connectivity index (χ1n) is 11.2. The van der Waals surface area contributed by atoms with Gasteiger partial charge in [0.2, 0.25) is 0 Å². The van der Waals surface area contributed by atoms with Crippen molar-refractivity contribution in [1.82, 2.24) is 9.88 Å². The molecule has 3 aromatic rings. The number of aromatic nitrogens is 1. The van der Waals surface area contributed by atoms with Crippen LogP contribution in [-0.2, 0) is 11.2 Å². The Morgan fingerprint density at radius 3 is 2.81 bits per heavy atom. The van der Waals surface area contributed by atoms with Gasteiger partial charge in [-0.1, -0.05) is 18.2 Å². The highest BCUT2D eigenvalue weighted by molar-refractivity contribution is 6.03. The van der Waals surface area contributed by atoms with Crippen LogP contribution in [0.3, 0.4) is 0 Å². The molecule has 0 spiro atoms. The fraction of sp³-hybridized carbons (Fsp3) is 0.385. The van der Waals surface area contributed by atoms with Gasteiger partial charge in [0.05, 0.1) is 6.61 Å². The number of piperidine rings is 1. The Labute approximate surface area is 183 Å². The fourth-order valence-corrected chi connectivity index (χ4v) is 4.91. The van der Waals surface area contributed by atoms with Crippen LogP contribution in [0.2, 0.25) is 0 Å². The van der Waals surface area contributed by atoms with Crippen LogP contribution in [0.4, 0.5) is 0 Å². The average molecular weight is 416 g/mol. The number of pyridine rings is 1. The Morgan fingerprint density at radius 2 is 1.97 bits per heavy atom. The molecule has 1 aromatic carbocycles. The van der Waals surface area contributed by atoms with Crippen molar-refractivity contribution < 1.29 is 9.15 Å². The van der Waals surface area contributed by atoms with Crippen LogP contribution in [0.1, 0.15) is 42.1 Å². The zero-order valence-corrected chi connectivity index (χ0v) is 18.1. The summed E-state index contributed by atoms with van der Waals surface area (Å²) < 4.78 is 11.8. The summed E-state index contributed by atoms with van der Waals surface area (Å²) in [5, 5.41) is 8.15. The van der Waals surface area contributed by atoms with Crippen LogP contribution < -0.4 is 0 Å². The van der Waals surface area contributed by atoms with E-state index < -0.39 is 0 Å². The molecule has 31 heavy (non-hydrogen) atoms. The van der Waals surface area contributed by atoms with Gasteiger partial charge in [-0.2, -0.15) is 0 Å². The quantitative estimate of drug-likeness (QED) is 0.605. The molecule has 1 atom stereocenters. The highest BCUT2D eigenvalue weighted by Gasteiger charge is 2.27. The number of hydrogen-bond acceptors (Lipinski definition) is 5. The molecule has 1 unspecified atom stereocenters. The van der Waals surface area contributed by atoms with Crippen molar-refractivity contribution in [3.63, 3.8) is 0 Å². The molecule has 5 heteroatoms. The van der Waals surface area contributed by atoms with Crippen molar-refractivity contribution in [1.29, 1.82) is 5.41 Å². The van der Waals surface area contributed by atoms with Gasteiger partial charge in [0.1, 0.15) is 11.5 Å². The summed E-state index contributed by atoms with van der Waals surface area (Å²) in [5.74, 6) is 2.37. The lowest BCUT2D eigenvalue weighted by Crippen LogP contribution is -2.36. The molecular weight excluding hydrogens is 386 g/mol. The SMILES string of the molecule is COCCN1CCCC(c2cc(-c3ccc4c(c3)CCC4=N)c(-c3ccncc3)o2)C1. The smallest absolute Gasteiger partial charge is 0.142 e. The highest BCUT2D eigenvalue weighted by atomic mass is 16.5. The highest BCUT2D eigenvalue weighted by Crippen LogP contribution is 2.40. The first-order chi connectivity index (χ1) is 15.2. The number of benzene rings is 1. The maximum Gasteiger partial charge on any atom is 0.142 e. The molecule has 1 aliphatic carbocycles. The van der Waals surface area contributed by atoms with E-state index in [1.165, 1.54) is 17.5 Å². The average Bonchev–Trinajstić information content (AvgIpc) is 3.42. The van der Waals surface area contributed by atoms with Gasteiger partial charge >= 0.3 is 0 Å². The van der Waals surface area contributed by atoms with E-state index in [1.807, 2.05) is 24.5 Å². The minimum atomic E-state index is 0.391. The van der Waals surface area contributed by atoms with Gasteiger partial charge in [-0.15, -0.1) is 0 Å². The largest absolute Gasteiger partial charge is 0.460 e. The van der Waals surface area contributed by atoms with Gasteiger partial charge in [-0.25, -0.2) is 0 Å². The van der Waals surface area contributed by atoms with Gasteiger partial charge < -0.3 is 19.5 Å². The molecule has 0 bridgehead atoms. The molecule has 160 valence electrons. The van der Waals surface area contributed by atoms with Crippen LogP contribution in [-0.4, -0.2) is 48.9 Å². The van der Waals surface area contributed by atoms with Crippen LogP contribution in [0, 0.1) is 5.41 Å². The number of furan rings is 1. The molecule has 3 heterocycles. The van der Waals surface area contributed by atoms with Gasteiger partial charge in [0.25, 0.3) is 0 Å². The van der Waals surface area contributed by atoms with Gasteiger partial charge in [0, 0.05) is 55.3 Å². The van der Waals surface area contributed by atoms with Crippen LogP contribution in [0.15, 0.2) is 53.2 Å².